The number of carbonyl (C=O) groups is 3. The Balaban J connectivity index is 1.67. The lowest BCUT2D eigenvalue weighted by molar-refractivity contribution is -0.211. The minimum absolute atomic E-state index is 0.0298. The summed E-state index contributed by atoms with van der Waals surface area (Å²) in [6.45, 7) is 7.07. The molecule has 5 aliphatic carbocycles. The number of ether oxygens (including phenoxy) is 2. The summed E-state index contributed by atoms with van der Waals surface area (Å²) in [6, 6.07) is 0. The van der Waals surface area contributed by atoms with Gasteiger partial charge in [-0.05, 0) is 55.8 Å². The molecule has 5 aliphatic rings. The molecule has 0 radical (unpaired) electrons. The molecular formula is C28H38O8. The predicted molar refractivity (Wildman–Crippen MR) is 128 cm³/mol. The Kier molecular flexibility index (Phi) is 5.68. The topological polar surface area (TPSA) is 130 Å². The SMILES string of the molecule is COC1=CC(=O)[C@H](OC(=O)[C@@]23C(C(C)C)=C[C@H]4C[C@]2(C=O)[C@@H]2CC[C@@H](C)[C@H]2C[C@]43CO)[C@@](C)(O)[C@H]1O. The lowest BCUT2D eigenvalue weighted by atomic mass is 9.43. The van der Waals surface area contributed by atoms with E-state index in [0.717, 1.165) is 30.8 Å². The number of rotatable bonds is 6. The summed E-state index contributed by atoms with van der Waals surface area (Å²) in [5.41, 5.74) is -4.77. The van der Waals surface area contributed by atoms with E-state index in [9.17, 15) is 29.7 Å². The first kappa shape index (κ1) is 25.6. The molecule has 0 aliphatic heterocycles. The van der Waals surface area contributed by atoms with Gasteiger partial charge >= 0.3 is 5.97 Å². The molecule has 0 heterocycles. The van der Waals surface area contributed by atoms with Crippen LogP contribution in [0.3, 0.4) is 0 Å². The van der Waals surface area contributed by atoms with Crippen LogP contribution in [0.5, 0.6) is 0 Å². The highest BCUT2D eigenvalue weighted by Crippen LogP contribution is 2.82. The average molecular weight is 503 g/mol. The Hall–Kier alpha value is -2.03. The number of aldehydes is 1. The Morgan fingerprint density at radius 1 is 1.28 bits per heavy atom. The van der Waals surface area contributed by atoms with Gasteiger partial charge in [0, 0.05) is 11.5 Å². The van der Waals surface area contributed by atoms with Gasteiger partial charge in [-0.2, -0.15) is 0 Å². The predicted octanol–water partition coefficient (Wildman–Crippen LogP) is 1.96. The van der Waals surface area contributed by atoms with E-state index in [2.05, 4.69) is 13.0 Å². The Morgan fingerprint density at radius 2 is 1.97 bits per heavy atom. The van der Waals surface area contributed by atoms with E-state index in [1.807, 2.05) is 13.8 Å². The minimum atomic E-state index is -2.14. The van der Waals surface area contributed by atoms with Gasteiger partial charge in [-0.1, -0.05) is 38.8 Å². The van der Waals surface area contributed by atoms with Crippen molar-refractivity contribution in [3.05, 3.63) is 23.5 Å². The van der Waals surface area contributed by atoms with Crippen molar-refractivity contribution >= 4 is 18.0 Å². The molecule has 10 atom stereocenters. The van der Waals surface area contributed by atoms with E-state index >= 15 is 0 Å². The summed E-state index contributed by atoms with van der Waals surface area (Å²) in [5.74, 6) is -1.29. The van der Waals surface area contributed by atoms with E-state index < -0.39 is 45.8 Å². The number of hydrogen-bond acceptors (Lipinski definition) is 8. The normalized spacial score (nSPS) is 49.0. The van der Waals surface area contributed by atoms with Crippen molar-refractivity contribution in [2.45, 2.75) is 71.2 Å². The molecule has 198 valence electrons. The van der Waals surface area contributed by atoms with Gasteiger partial charge < -0.3 is 29.6 Å². The zero-order valence-corrected chi connectivity index (χ0v) is 21.7. The zero-order valence-electron chi connectivity index (χ0n) is 21.7. The largest absolute Gasteiger partial charge is 0.498 e. The summed E-state index contributed by atoms with van der Waals surface area (Å²) in [6.07, 6.45) is 3.62. The van der Waals surface area contributed by atoms with Crippen LogP contribution in [0.1, 0.15) is 53.4 Å². The molecule has 8 heteroatoms. The van der Waals surface area contributed by atoms with Gasteiger partial charge in [-0.15, -0.1) is 0 Å². The number of hydrogen-bond donors (Lipinski definition) is 3. The fraction of sp³-hybridized carbons (Fsp3) is 0.750. The molecule has 36 heavy (non-hydrogen) atoms. The van der Waals surface area contributed by atoms with Gasteiger partial charge in [0.05, 0.1) is 19.1 Å². The van der Waals surface area contributed by atoms with E-state index in [1.54, 1.807) is 0 Å². The Morgan fingerprint density at radius 3 is 2.56 bits per heavy atom. The van der Waals surface area contributed by atoms with Gasteiger partial charge in [0.1, 0.15) is 29.2 Å². The summed E-state index contributed by atoms with van der Waals surface area (Å²) in [5, 5.41) is 32.8. The van der Waals surface area contributed by atoms with Gasteiger partial charge in [0.25, 0.3) is 0 Å². The van der Waals surface area contributed by atoms with Crippen LogP contribution in [0.15, 0.2) is 23.5 Å². The average Bonchev–Trinajstić information content (AvgIpc) is 3.41. The third-order valence-corrected chi connectivity index (χ3v) is 10.7. The number of carbonyl (C=O) groups excluding carboxylic acids is 3. The number of aliphatic hydroxyl groups is 3. The van der Waals surface area contributed by atoms with E-state index in [-0.39, 0.29) is 36.0 Å². The molecular weight excluding hydrogens is 464 g/mol. The van der Waals surface area contributed by atoms with Crippen LogP contribution < -0.4 is 0 Å². The highest BCUT2D eigenvalue weighted by atomic mass is 16.6. The summed E-state index contributed by atoms with van der Waals surface area (Å²) >= 11 is 0. The maximum atomic E-state index is 14.6. The van der Waals surface area contributed by atoms with Crippen molar-refractivity contribution in [3.8, 4) is 0 Å². The minimum Gasteiger partial charge on any atom is -0.498 e. The van der Waals surface area contributed by atoms with Gasteiger partial charge in [0.15, 0.2) is 6.10 Å². The van der Waals surface area contributed by atoms with Crippen LogP contribution >= 0.6 is 0 Å². The van der Waals surface area contributed by atoms with Crippen LogP contribution in [0.4, 0.5) is 0 Å². The first-order chi connectivity index (χ1) is 16.9. The first-order valence-electron chi connectivity index (χ1n) is 13.1. The van der Waals surface area contributed by atoms with Crippen molar-refractivity contribution in [2.24, 2.45) is 45.8 Å². The Bertz CT molecular complexity index is 1060. The van der Waals surface area contributed by atoms with Crippen LogP contribution in [0.2, 0.25) is 0 Å². The van der Waals surface area contributed by atoms with Crippen molar-refractivity contribution in [3.63, 3.8) is 0 Å². The molecule has 0 amide bonds. The van der Waals surface area contributed by atoms with Crippen molar-refractivity contribution in [1.29, 1.82) is 0 Å². The molecule has 0 unspecified atom stereocenters. The lowest BCUT2D eigenvalue weighted by Gasteiger charge is -2.59. The summed E-state index contributed by atoms with van der Waals surface area (Å²) in [7, 11) is 1.28. The molecule has 3 saturated carbocycles. The molecule has 4 bridgehead atoms. The number of fused-ring (bicyclic) bond motifs is 2. The molecule has 0 aromatic carbocycles. The standard InChI is InChI=1S/C28H38O8/c1-14(2)19-8-16-10-27(13-30)18-7-6-15(3)17(18)11-26(16,12-29)28(19,27)24(33)36-23-20(31)9-21(35-5)22(32)25(23,4)34/h8-9,13-18,22-23,29,32,34H,6-7,10-12H2,1-5H3/t15-,16+,17-,18-,22+,23+,25+,26+,27+,28-/m1/s1. The molecule has 3 N–H and O–H groups in total. The fourth-order valence-electron chi connectivity index (χ4n) is 9.19. The number of allylic oxidation sites excluding steroid dienone is 1. The number of esters is 1. The Labute approximate surface area is 211 Å². The monoisotopic (exact) mass is 502 g/mol. The highest BCUT2D eigenvalue weighted by Gasteiger charge is 2.84. The van der Waals surface area contributed by atoms with Crippen molar-refractivity contribution in [1.82, 2.24) is 0 Å². The van der Waals surface area contributed by atoms with Crippen LogP contribution in [-0.4, -0.2) is 64.9 Å². The second kappa shape index (κ2) is 7.98. The quantitative estimate of drug-likeness (QED) is 0.285. The molecule has 0 saturated heterocycles. The molecule has 3 fully saturated rings. The highest BCUT2D eigenvalue weighted by molar-refractivity contribution is 5.99. The van der Waals surface area contributed by atoms with Gasteiger partial charge in [-0.25, -0.2) is 0 Å². The lowest BCUT2D eigenvalue weighted by Crippen LogP contribution is -2.66. The maximum absolute atomic E-state index is 14.6. The number of aliphatic hydroxyl groups excluding tert-OH is 2. The maximum Gasteiger partial charge on any atom is 0.318 e. The zero-order chi connectivity index (χ0) is 26.4. The first-order valence-corrected chi connectivity index (χ1v) is 13.1. The molecule has 8 nitrogen and oxygen atoms in total. The van der Waals surface area contributed by atoms with Crippen molar-refractivity contribution < 1.29 is 39.2 Å². The number of methoxy groups -OCH3 is 1. The molecule has 5 rings (SSSR count). The van der Waals surface area contributed by atoms with Crippen LogP contribution in [0, 0.1) is 45.8 Å². The van der Waals surface area contributed by atoms with Crippen LogP contribution in [0.25, 0.3) is 0 Å². The number of ketones is 1. The molecule has 0 spiro atoms. The third kappa shape index (κ3) is 2.68. The third-order valence-electron chi connectivity index (χ3n) is 10.7. The van der Waals surface area contributed by atoms with Gasteiger partial charge in [-0.3, -0.25) is 9.59 Å². The summed E-state index contributed by atoms with van der Waals surface area (Å²) in [4.78, 5) is 40.8. The second-order valence-corrected chi connectivity index (χ2v) is 12.4. The smallest absolute Gasteiger partial charge is 0.318 e. The van der Waals surface area contributed by atoms with E-state index in [4.69, 9.17) is 9.47 Å². The van der Waals surface area contributed by atoms with Gasteiger partial charge in [0.2, 0.25) is 5.78 Å². The van der Waals surface area contributed by atoms with E-state index in [1.165, 1.54) is 14.0 Å². The van der Waals surface area contributed by atoms with Crippen LogP contribution in [-0.2, 0) is 23.9 Å². The second-order valence-electron chi connectivity index (χ2n) is 12.4. The van der Waals surface area contributed by atoms with Crippen molar-refractivity contribution in [2.75, 3.05) is 13.7 Å². The molecule has 0 aromatic rings. The summed E-state index contributed by atoms with van der Waals surface area (Å²) < 4.78 is 11.0. The fourth-order valence-corrected chi connectivity index (χ4v) is 9.19. The van der Waals surface area contributed by atoms with E-state index in [0.29, 0.717) is 18.8 Å². The molecule has 0 aromatic heterocycles.